The van der Waals surface area contributed by atoms with Crippen LogP contribution in [0.5, 0.6) is 0 Å². The van der Waals surface area contributed by atoms with Crippen molar-refractivity contribution in [3.8, 4) is 0 Å². The minimum atomic E-state index is -1.50. The Morgan fingerprint density at radius 3 is 2.61 bits per heavy atom. The van der Waals surface area contributed by atoms with Crippen molar-refractivity contribution in [1.29, 1.82) is 0 Å². The fourth-order valence-electron chi connectivity index (χ4n) is 5.63. The Morgan fingerprint density at radius 1 is 1.14 bits per heavy atom. The number of anilines is 1. The number of aliphatic hydroxyl groups excluding tert-OH is 1. The molecule has 2 aliphatic rings. The predicted molar refractivity (Wildman–Crippen MR) is 131 cm³/mol. The van der Waals surface area contributed by atoms with E-state index in [9.17, 15) is 24.3 Å². The number of carbonyl (C=O) groups excluding carboxylic acids is 3. The van der Waals surface area contributed by atoms with E-state index in [2.05, 4.69) is 0 Å². The van der Waals surface area contributed by atoms with Crippen molar-refractivity contribution in [2.75, 3.05) is 31.2 Å². The number of hydrogen-bond acceptors (Lipinski definition) is 7. The SMILES string of the molecule is CCOC(=O)[C@H]1CN(C(=O)c2cc3ccccc3oc2=O)[C@]2(C)C(=O)N(CCO)c3ccccc3[C@H]12. The molecule has 1 N–H and O–H groups in total. The first kappa shape index (κ1) is 23.7. The molecule has 0 spiro atoms. The highest BCUT2D eigenvalue weighted by atomic mass is 16.5. The third-order valence-corrected chi connectivity index (χ3v) is 7.22. The van der Waals surface area contributed by atoms with E-state index in [0.29, 0.717) is 22.2 Å². The first-order valence-electron chi connectivity index (χ1n) is 11.9. The molecule has 1 fully saturated rings. The second-order valence-electron chi connectivity index (χ2n) is 9.12. The lowest BCUT2D eigenvalue weighted by molar-refractivity contribution is -0.148. The van der Waals surface area contributed by atoms with Crippen LogP contribution in [0.2, 0.25) is 0 Å². The largest absolute Gasteiger partial charge is 0.466 e. The van der Waals surface area contributed by atoms with Crippen LogP contribution in [-0.4, -0.2) is 59.6 Å². The molecule has 5 rings (SSSR count). The summed E-state index contributed by atoms with van der Waals surface area (Å²) in [6.45, 7) is 3.07. The molecule has 3 aromatic rings. The molecule has 0 unspecified atom stereocenters. The minimum Gasteiger partial charge on any atom is -0.466 e. The molecule has 2 amide bonds. The number of hydrogen-bond donors (Lipinski definition) is 1. The average Bonchev–Trinajstić information content (AvgIpc) is 3.20. The van der Waals surface area contributed by atoms with Gasteiger partial charge in [-0.2, -0.15) is 0 Å². The molecule has 0 saturated carbocycles. The van der Waals surface area contributed by atoms with Gasteiger partial charge in [0.05, 0.1) is 19.1 Å². The van der Waals surface area contributed by atoms with Crippen molar-refractivity contribution in [3.63, 3.8) is 0 Å². The molecule has 1 saturated heterocycles. The van der Waals surface area contributed by atoms with Crippen molar-refractivity contribution >= 4 is 34.4 Å². The fourth-order valence-corrected chi connectivity index (χ4v) is 5.63. The standard InChI is InChI=1S/C27H26N2O7/c1-3-35-24(32)19-15-29(23(31)18-14-16-8-4-7-11-21(16)36-25(18)33)27(2)22(19)17-9-5-6-10-20(17)28(12-13-30)26(27)34/h4-11,14,19,22,30H,3,12-13,15H2,1-2H3/t19-,22+,27-/m0/s1. The van der Waals surface area contributed by atoms with Gasteiger partial charge in [0.2, 0.25) is 0 Å². The number of likely N-dealkylation sites (tertiary alicyclic amines) is 1. The number of para-hydroxylation sites is 2. The number of nitrogens with zero attached hydrogens (tertiary/aromatic N) is 2. The van der Waals surface area contributed by atoms with Gasteiger partial charge >= 0.3 is 11.6 Å². The Balaban J connectivity index is 1.68. The van der Waals surface area contributed by atoms with Gasteiger partial charge in [0.1, 0.15) is 16.7 Å². The van der Waals surface area contributed by atoms with E-state index in [1.165, 1.54) is 15.9 Å². The topological polar surface area (TPSA) is 117 Å². The molecule has 2 aliphatic heterocycles. The fraction of sp³-hybridized carbons (Fsp3) is 0.333. The number of carbonyl (C=O) groups is 3. The van der Waals surface area contributed by atoms with Gasteiger partial charge in [-0.3, -0.25) is 14.4 Å². The van der Waals surface area contributed by atoms with Crippen LogP contribution >= 0.6 is 0 Å². The molecule has 3 atom stereocenters. The van der Waals surface area contributed by atoms with E-state index >= 15 is 0 Å². The van der Waals surface area contributed by atoms with Gasteiger partial charge in [-0.25, -0.2) is 4.79 Å². The monoisotopic (exact) mass is 490 g/mol. The third-order valence-electron chi connectivity index (χ3n) is 7.22. The van der Waals surface area contributed by atoms with Crippen LogP contribution in [0, 0.1) is 5.92 Å². The molecule has 3 heterocycles. The van der Waals surface area contributed by atoms with E-state index in [-0.39, 0.29) is 31.9 Å². The zero-order chi connectivity index (χ0) is 25.6. The molecule has 186 valence electrons. The first-order chi connectivity index (χ1) is 17.3. The Hall–Kier alpha value is -3.98. The Labute approximate surface area is 206 Å². The summed E-state index contributed by atoms with van der Waals surface area (Å²) in [5.74, 6) is -3.19. The van der Waals surface area contributed by atoms with Crippen LogP contribution in [0.1, 0.15) is 35.7 Å². The Morgan fingerprint density at radius 2 is 1.86 bits per heavy atom. The van der Waals surface area contributed by atoms with Gasteiger partial charge < -0.3 is 24.1 Å². The molecular formula is C27H26N2O7. The number of esters is 1. The number of ether oxygens (including phenoxy) is 1. The van der Waals surface area contributed by atoms with Crippen LogP contribution < -0.4 is 10.5 Å². The van der Waals surface area contributed by atoms with Crippen molar-refractivity contribution in [1.82, 2.24) is 4.90 Å². The lowest BCUT2D eigenvalue weighted by Crippen LogP contribution is -2.62. The van der Waals surface area contributed by atoms with E-state index < -0.39 is 40.8 Å². The number of benzene rings is 2. The zero-order valence-corrected chi connectivity index (χ0v) is 20.0. The number of amides is 2. The molecule has 2 aromatic carbocycles. The second-order valence-corrected chi connectivity index (χ2v) is 9.12. The van der Waals surface area contributed by atoms with Gasteiger partial charge in [0, 0.05) is 30.1 Å². The third kappa shape index (κ3) is 3.42. The van der Waals surface area contributed by atoms with Crippen LogP contribution in [0.3, 0.4) is 0 Å². The normalized spacial score (nSPS) is 22.9. The summed E-state index contributed by atoms with van der Waals surface area (Å²) in [4.78, 5) is 56.6. The summed E-state index contributed by atoms with van der Waals surface area (Å²) in [5, 5.41) is 10.2. The van der Waals surface area contributed by atoms with Crippen molar-refractivity contribution < 1.29 is 28.6 Å². The quantitative estimate of drug-likeness (QED) is 0.431. The highest BCUT2D eigenvalue weighted by Crippen LogP contribution is 2.53. The van der Waals surface area contributed by atoms with E-state index in [1.807, 2.05) is 6.07 Å². The van der Waals surface area contributed by atoms with Crippen LogP contribution in [0.25, 0.3) is 11.0 Å². The minimum absolute atomic E-state index is 0.0162. The molecule has 36 heavy (non-hydrogen) atoms. The summed E-state index contributed by atoms with van der Waals surface area (Å²) in [6, 6.07) is 15.4. The van der Waals surface area contributed by atoms with Gasteiger partial charge in [0.15, 0.2) is 0 Å². The molecule has 0 bridgehead atoms. The molecule has 0 aliphatic carbocycles. The maximum absolute atomic E-state index is 14.0. The van der Waals surface area contributed by atoms with Crippen LogP contribution in [0.4, 0.5) is 5.69 Å². The Bertz CT molecular complexity index is 1430. The molecular weight excluding hydrogens is 464 g/mol. The highest BCUT2D eigenvalue weighted by Gasteiger charge is 2.64. The smallest absolute Gasteiger partial charge is 0.349 e. The molecule has 9 nitrogen and oxygen atoms in total. The van der Waals surface area contributed by atoms with E-state index in [4.69, 9.17) is 9.15 Å². The van der Waals surface area contributed by atoms with Gasteiger partial charge in [-0.1, -0.05) is 36.4 Å². The lowest BCUT2D eigenvalue weighted by atomic mass is 9.72. The summed E-state index contributed by atoms with van der Waals surface area (Å²) in [6.07, 6.45) is 0. The lowest BCUT2D eigenvalue weighted by Gasteiger charge is -2.46. The maximum atomic E-state index is 14.0. The first-order valence-corrected chi connectivity index (χ1v) is 11.9. The van der Waals surface area contributed by atoms with Crippen LogP contribution in [-0.2, 0) is 14.3 Å². The van der Waals surface area contributed by atoms with Crippen LogP contribution in [0.15, 0.2) is 63.8 Å². The molecule has 0 radical (unpaired) electrons. The summed E-state index contributed by atoms with van der Waals surface area (Å²) < 4.78 is 10.7. The van der Waals surface area contributed by atoms with Gasteiger partial charge in [0.25, 0.3) is 11.8 Å². The van der Waals surface area contributed by atoms with Crippen molar-refractivity contribution in [2.24, 2.45) is 5.92 Å². The molecule has 9 heteroatoms. The molecule has 1 aromatic heterocycles. The summed E-state index contributed by atoms with van der Waals surface area (Å²) in [5.41, 5.74) is -0.936. The van der Waals surface area contributed by atoms with Gasteiger partial charge in [-0.05, 0) is 37.6 Å². The number of rotatable bonds is 5. The predicted octanol–water partition coefficient (Wildman–Crippen LogP) is 2.31. The highest BCUT2D eigenvalue weighted by molar-refractivity contribution is 6.09. The number of aliphatic hydroxyl groups is 1. The van der Waals surface area contributed by atoms with E-state index in [0.717, 1.165) is 0 Å². The van der Waals surface area contributed by atoms with Crippen molar-refractivity contribution in [2.45, 2.75) is 25.3 Å². The average molecular weight is 491 g/mol. The number of fused-ring (bicyclic) bond motifs is 4. The zero-order valence-electron chi connectivity index (χ0n) is 20.0. The summed E-state index contributed by atoms with van der Waals surface area (Å²) >= 11 is 0. The maximum Gasteiger partial charge on any atom is 0.349 e. The number of β-amino-alcohol motifs (C(OH)–C–C–N with tert-alkyl or cyclic N) is 1. The Kier molecular flexibility index (Phi) is 5.88. The van der Waals surface area contributed by atoms with Gasteiger partial charge in [-0.15, -0.1) is 0 Å². The van der Waals surface area contributed by atoms with Crippen molar-refractivity contribution in [3.05, 3.63) is 76.1 Å². The van der Waals surface area contributed by atoms with E-state index in [1.54, 1.807) is 56.3 Å². The summed E-state index contributed by atoms with van der Waals surface area (Å²) in [7, 11) is 0. The second kappa shape index (κ2) is 8.91.